The maximum atomic E-state index is 11.5. The summed E-state index contributed by atoms with van der Waals surface area (Å²) in [6.45, 7) is 0.784. The number of aromatic amines is 1. The monoisotopic (exact) mass is 240 g/mol. The Balaban J connectivity index is 2.22. The van der Waals surface area contributed by atoms with E-state index >= 15 is 0 Å². The van der Waals surface area contributed by atoms with E-state index in [0.717, 1.165) is 4.57 Å². The zero-order valence-electron chi connectivity index (χ0n) is 8.26. The van der Waals surface area contributed by atoms with Gasteiger partial charge in [-0.1, -0.05) is 11.6 Å². The second-order valence-electron chi connectivity index (χ2n) is 3.21. The van der Waals surface area contributed by atoms with Crippen LogP contribution in [0.1, 0.15) is 0 Å². The van der Waals surface area contributed by atoms with Gasteiger partial charge in [-0.2, -0.15) is 0 Å². The van der Waals surface area contributed by atoms with Crippen molar-refractivity contribution in [2.24, 2.45) is 0 Å². The molecule has 1 N–H and O–H groups in total. The van der Waals surface area contributed by atoms with Gasteiger partial charge in [-0.05, 0) is 0 Å². The summed E-state index contributed by atoms with van der Waals surface area (Å²) in [6, 6.07) is 1.18. The lowest BCUT2D eigenvalue weighted by molar-refractivity contribution is 0.543. The number of halogens is 1. The van der Waals surface area contributed by atoms with Crippen LogP contribution in [0.3, 0.4) is 0 Å². The molecule has 0 unspecified atom stereocenters. The van der Waals surface area contributed by atoms with Crippen molar-refractivity contribution < 1.29 is 0 Å². The number of nitrogens with one attached hydrogen (secondary N) is 1. The molecule has 2 aromatic heterocycles. The van der Waals surface area contributed by atoms with Crippen LogP contribution in [-0.2, 0) is 13.1 Å². The van der Waals surface area contributed by atoms with Crippen LogP contribution in [0.5, 0.6) is 0 Å². The predicted molar refractivity (Wildman–Crippen MR) is 58.6 cm³/mol. The van der Waals surface area contributed by atoms with E-state index in [4.69, 9.17) is 11.6 Å². The van der Waals surface area contributed by atoms with Crippen LogP contribution in [-0.4, -0.2) is 19.1 Å². The third kappa shape index (κ3) is 2.22. The molecule has 16 heavy (non-hydrogen) atoms. The molecule has 2 rings (SSSR count). The van der Waals surface area contributed by atoms with Crippen molar-refractivity contribution in [2.75, 3.05) is 0 Å². The SMILES string of the molecule is O=c1cc(Cl)[nH]c(=O)n1CCn1ccnc1. The number of H-pyrrole nitrogens is 1. The fraction of sp³-hybridized carbons (Fsp3) is 0.222. The van der Waals surface area contributed by atoms with Gasteiger partial charge in [-0.15, -0.1) is 0 Å². The highest BCUT2D eigenvalue weighted by molar-refractivity contribution is 6.29. The Kier molecular flexibility index (Phi) is 2.91. The van der Waals surface area contributed by atoms with Gasteiger partial charge in [-0.25, -0.2) is 9.78 Å². The highest BCUT2D eigenvalue weighted by Gasteiger charge is 2.02. The number of imidazole rings is 1. The Hall–Kier alpha value is -1.82. The van der Waals surface area contributed by atoms with Gasteiger partial charge in [0.05, 0.1) is 6.33 Å². The van der Waals surface area contributed by atoms with Gasteiger partial charge in [0.15, 0.2) is 0 Å². The highest BCUT2D eigenvalue weighted by atomic mass is 35.5. The van der Waals surface area contributed by atoms with E-state index in [1.807, 2.05) is 0 Å². The van der Waals surface area contributed by atoms with Crippen LogP contribution >= 0.6 is 11.6 Å². The molecule has 0 bridgehead atoms. The lowest BCUT2D eigenvalue weighted by Crippen LogP contribution is -2.35. The summed E-state index contributed by atoms with van der Waals surface area (Å²) < 4.78 is 2.87. The molecule has 0 saturated heterocycles. The van der Waals surface area contributed by atoms with E-state index < -0.39 is 11.2 Å². The molecule has 0 radical (unpaired) electrons. The molecule has 2 aromatic rings. The van der Waals surface area contributed by atoms with Crippen molar-refractivity contribution in [3.05, 3.63) is 50.8 Å². The van der Waals surface area contributed by atoms with Gasteiger partial charge in [0.25, 0.3) is 5.56 Å². The first-order valence-electron chi connectivity index (χ1n) is 4.62. The van der Waals surface area contributed by atoms with Crippen molar-refractivity contribution >= 4 is 11.6 Å². The molecule has 0 fully saturated rings. The second-order valence-corrected chi connectivity index (χ2v) is 3.62. The average molecular weight is 241 g/mol. The van der Waals surface area contributed by atoms with E-state index in [9.17, 15) is 9.59 Å². The van der Waals surface area contributed by atoms with E-state index in [-0.39, 0.29) is 11.7 Å². The number of hydrogen-bond acceptors (Lipinski definition) is 3. The number of rotatable bonds is 3. The van der Waals surface area contributed by atoms with Gasteiger partial charge in [-0.3, -0.25) is 14.3 Å². The summed E-state index contributed by atoms with van der Waals surface area (Å²) in [6.07, 6.45) is 5.01. The molecule has 2 heterocycles. The summed E-state index contributed by atoms with van der Waals surface area (Å²) >= 11 is 5.54. The molecule has 0 amide bonds. The van der Waals surface area contributed by atoms with Crippen LogP contribution in [0.2, 0.25) is 5.15 Å². The minimum absolute atomic E-state index is 0.0499. The quantitative estimate of drug-likeness (QED) is 0.773. The van der Waals surface area contributed by atoms with Crippen LogP contribution in [0.25, 0.3) is 0 Å². The van der Waals surface area contributed by atoms with Crippen LogP contribution in [0.4, 0.5) is 0 Å². The minimum atomic E-state index is -0.502. The average Bonchev–Trinajstić information content (AvgIpc) is 2.68. The zero-order chi connectivity index (χ0) is 11.5. The van der Waals surface area contributed by atoms with Crippen LogP contribution < -0.4 is 11.2 Å². The zero-order valence-corrected chi connectivity index (χ0v) is 9.02. The molecule has 0 aliphatic heterocycles. The van der Waals surface area contributed by atoms with Crippen LogP contribution in [0, 0.1) is 0 Å². The summed E-state index contributed by atoms with van der Waals surface area (Å²) in [5, 5.41) is 0.0499. The Morgan fingerprint density at radius 3 is 2.81 bits per heavy atom. The molecule has 84 valence electrons. The number of hydrogen-bond donors (Lipinski definition) is 1. The standard InChI is InChI=1S/C9H9ClN4O2/c10-7-5-8(15)14(9(16)12-7)4-3-13-2-1-11-6-13/h1-2,5-6H,3-4H2,(H,12,16). The molecular weight excluding hydrogens is 232 g/mol. The largest absolute Gasteiger partial charge is 0.336 e. The van der Waals surface area contributed by atoms with Gasteiger partial charge in [0.1, 0.15) is 5.15 Å². The Bertz CT molecular complexity index is 553. The number of nitrogens with zero attached hydrogens (tertiary/aromatic N) is 3. The first-order chi connectivity index (χ1) is 7.66. The van der Waals surface area contributed by atoms with Crippen molar-refractivity contribution in [1.29, 1.82) is 0 Å². The number of aromatic nitrogens is 4. The molecule has 0 spiro atoms. The summed E-state index contributed by atoms with van der Waals surface area (Å²) in [7, 11) is 0. The molecule has 0 atom stereocenters. The Morgan fingerprint density at radius 1 is 1.38 bits per heavy atom. The topological polar surface area (TPSA) is 72.7 Å². The summed E-state index contributed by atoms with van der Waals surface area (Å²) in [4.78, 5) is 29.1. The lowest BCUT2D eigenvalue weighted by atomic mass is 10.5. The van der Waals surface area contributed by atoms with Gasteiger partial charge >= 0.3 is 5.69 Å². The van der Waals surface area contributed by atoms with Crippen LogP contribution in [0.15, 0.2) is 34.4 Å². The fourth-order valence-corrected chi connectivity index (χ4v) is 1.51. The molecule has 0 aliphatic carbocycles. The fourth-order valence-electron chi connectivity index (χ4n) is 1.34. The van der Waals surface area contributed by atoms with Gasteiger partial charge in [0.2, 0.25) is 0 Å². The third-order valence-electron chi connectivity index (χ3n) is 2.13. The summed E-state index contributed by atoms with van der Waals surface area (Å²) in [5.74, 6) is 0. The lowest BCUT2D eigenvalue weighted by Gasteiger charge is -2.04. The molecule has 0 aliphatic rings. The highest BCUT2D eigenvalue weighted by Crippen LogP contribution is 1.94. The molecular formula is C9H9ClN4O2. The molecule has 7 heteroatoms. The Morgan fingerprint density at radius 2 is 2.19 bits per heavy atom. The minimum Gasteiger partial charge on any atom is -0.336 e. The maximum absolute atomic E-state index is 11.5. The van der Waals surface area contributed by atoms with Gasteiger partial charge < -0.3 is 4.57 Å². The van der Waals surface area contributed by atoms with E-state index in [1.54, 1.807) is 23.3 Å². The van der Waals surface area contributed by atoms with Crippen molar-refractivity contribution in [3.8, 4) is 0 Å². The first kappa shape index (κ1) is 10.7. The molecule has 0 saturated carbocycles. The van der Waals surface area contributed by atoms with Crippen molar-refractivity contribution in [3.63, 3.8) is 0 Å². The molecule has 0 aromatic carbocycles. The second kappa shape index (κ2) is 4.36. The maximum Gasteiger partial charge on any atom is 0.329 e. The van der Waals surface area contributed by atoms with E-state index in [1.165, 1.54) is 6.07 Å². The normalized spacial score (nSPS) is 10.6. The predicted octanol–water partition coefficient (Wildman–Crippen LogP) is 0.0867. The number of aryl methyl sites for hydroxylation is 1. The third-order valence-corrected chi connectivity index (χ3v) is 2.33. The van der Waals surface area contributed by atoms with Crippen molar-refractivity contribution in [2.45, 2.75) is 13.1 Å². The summed E-state index contributed by atoms with van der Waals surface area (Å²) in [5.41, 5.74) is -0.911. The van der Waals surface area contributed by atoms with E-state index in [0.29, 0.717) is 6.54 Å². The first-order valence-corrected chi connectivity index (χ1v) is 5.00. The smallest absolute Gasteiger partial charge is 0.329 e. The van der Waals surface area contributed by atoms with E-state index in [2.05, 4.69) is 9.97 Å². The Labute approximate surface area is 95.1 Å². The van der Waals surface area contributed by atoms with Gasteiger partial charge in [0, 0.05) is 31.5 Å². The molecule has 6 nitrogen and oxygen atoms in total. The van der Waals surface area contributed by atoms with Crippen molar-refractivity contribution in [1.82, 2.24) is 19.1 Å².